The predicted molar refractivity (Wildman–Crippen MR) is 71.8 cm³/mol. The highest BCUT2D eigenvalue weighted by Gasteiger charge is 2.42. The molecule has 1 aliphatic rings. The van der Waals surface area contributed by atoms with Crippen LogP contribution < -0.4 is 0 Å². The Balaban J connectivity index is 2.16. The number of hydrogen-bond acceptors (Lipinski definition) is 1. The Kier molecular flexibility index (Phi) is 3.50. The van der Waals surface area contributed by atoms with Gasteiger partial charge in [0.15, 0.2) is 0 Å². The molecule has 2 heteroatoms. The number of benzene rings is 1. The summed E-state index contributed by atoms with van der Waals surface area (Å²) in [7, 11) is 0. The molecule has 2 rings (SSSR count). The van der Waals surface area contributed by atoms with Crippen LogP contribution in [0.25, 0.3) is 0 Å². The highest BCUT2D eigenvalue weighted by atomic mass is 19.1. The quantitative estimate of drug-likeness (QED) is 0.842. The smallest absolute Gasteiger partial charge is 0.126 e. The summed E-state index contributed by atoms with van der Waals surface area (Å²) in [5.74, 6) is 0.00353. The van der Waals surface area contributed by atoms with Gasteiger partial charge in [-0.3, -0.25) is 0 Å². The van der Waals surface area contributed by atoms with Crippen LogP contribution in [0.3, 0.4) is 0 Å². The zero-order valence-corrected chi connectivity index (χ0v) is 11.5. The van der Waals surface area contributed by atoms with Crippen molar-refractivity contribution >= 4 is 0 Å². The van der Waals surface area contributed by atoms with Crippen LogP contribution in [0.2, 0.25) is 0 Å². The van der Waals surface area contributed by atoms with Crippen LogP contribution in [0.15, 0.2) is 24.3 Å². The van der Waals surface area contributed by atoms with Gasteiger partial charge in [-0.05, 0) is 42.2 Å². The molecule has 1 fully saturated rings. The summed E-state index contributed by atoms with van der Waals surface area (Å²) >= 11 is 0. The van der Waals surface area contributed by atoms with Gasteiger partial charge in [-0.2, -0.15) is 0 Å². The Morgan fingerprint density at radius 1 is 1.28 bits per heavy atom. The average molecular weight is 250 g/mol. The maximum atomic E-state index is 13.7. The summed E-state index contributed by atoms with van der Waals surface area (Å²) in [6.07, 6.45) is 3.19. The summed E-state index contributed by atoms with van der Waals surface area (Å²) in [4.78, 5) is 0. The molecule has 0 heterocycles. The fraction of sp³-hybridized carbons (Fsp3) is 0.625. The summed E-state index contributed by atoms with van der Waals surface area (Å²) in [5.41, 5.74) is 0.171. The van der Waals surface area contributed by atoms with E-state index in [4.69, 9.17) is 0 Å². The number of halogens is 1. The first-order valence-corrected chi connectivity index (χ1v) is 6.78. The molecule has 0 spiro atoms. The van der Waals surface area contributed by atoms with E-state index in [-0.39, 0.29) is 11.7 Å². The third-order valence-corrected chi connectivity index (χ3v) is 4.47. The second-order valence-corrected chi connectivity index (χ2v) is 6.64. The molecule has 1 saturated carbocycles. The van der Waals surface area contributed by atoms with Gasteiger partial charge in [0.2, 0.25) is 0 Å². The lowest BCUT2D eigenvalue weighted by atomic mass is 9.64. The summed E-state index contributed by atoms with van der Waals surface area (Å²) in [6, 6.07) is 6.77. The Morgan fingerprint density at radius 2 is 1.94 bits per heavy atom. The molecule has 2 atom stereocenters. The van der Waals surface area contributed by atoms with Gasteiger partial charge in [0.05, 0.1) is 5.60 Å². The minimum Gasteiger partial charge on any atom is -0.389 e. The lowest BCUT2D eigenvalue weighted by Crippen LogP contribution is -2.45. The van der Waals surface area contributed by atoms with Crippen molar-refractivity contribution in [1.29, 1.82) is 0 Å². The molecule has 100 valence electrons. The molecular weight excluding hydrogens is 227 g/mol. The second kappa shape index (κ2) is 4.65. The van der Waals surface area contributed by atoms with E-state index in [0.717, 1.165) is 19.3 Å². The van der Waals surface area contributed by atoms with Crippen molar-refractivity contribution in [1.82, 2.24) is 0 Å². The van der Waals surface area contributed by atoms with E-state index < -0.39 is 5.60 Å². The summed E-state index contributed by atoms with van der Waals surface area (Å²) in [5, 5.41) is 10.8. The molecule has 0 amide bonds. The van der Waals surface area contributed by atoms with Crippen molar-refractivity contribution in [3.63, 3.8) is 0 Å². The molecule has 0 saturated heterocycles. The molecule has 0 bridgehead atoms. The Labute approximate surface area is 109 Å². The van der Waals surface area contributed by atoms with Gasteiger partial charge >= 0.3 is 0 Å². The highest BCUT2D eigenvalue weighted by molar-refractivity contribution is 5.20. The molecule has 0 radical (unpaired) electrons. The van der Waals surface area contributed by atoms with Gasteiger partial charge < -0.3 is 5.11 Å². The van der Waals surface area contributed by atoms with Crippen LogP contribution in [0.5, 0.6) is 0 Å². The SMILES string of the molecule is CC1CC(C)(C)CCC1(O)Cc1ccccc1F. The monoisotopic (exact) mass is 250 g/mol. The fourth-order valence-electron chi connectivity index (χ4n) is 3.16. The standard InChI is InChI=1S/C16H23FO/c1-12-10-15(2,3)8-9-16(12,18)11-13-6-4-5-7-14(13)17/h4-7,12,18H,8-11H2,1-3H3. The van der Waals surface area contributed by atoms with Crippen LogP contribution in [-0.4, -0.2) is 10.7 Å². The third kappa shape index (κ3) is 2.74. The zero-order valence-electron chi connectivity index (χ0n) is 11.5. The van der Waals surface area contributed by atoms with Gasteiger partial charge in [-0.15, -0.1) is 0 Å². The largest absolute Gasteiger partial charge is 0.389 e. The zero-order chi connectivity index (χ0) is 13.4. The van der Waals surface area contributed by atoms with Crippen molar-refractivity contribution in [2.24, 2.45) is 11.3 Å². The lowest BCUT2D eigenvalue weighted by Gasteiger charge is -2.45. The van der Waals surface area contributed by atoms with Gasteiger partial charge in [-0.25, -0.2) is 4.39 Å². The molecule has 1 nitrogen and oxygen atoms in total. The highest BCUT2D eigenvalue weighted by Crippen LogP contribution is 2.45. The molecule has 1 aliphatic carbocycles. The van der Waals surface area contributed by atoms with Crippen LogP contribution in [0.1, 0.15) is 45.6 Å². The van der Waals surface area contributed by atoms with Crippen LogP contribution in [0, 0.1) is 17.2 Å². The Bertz CT molecular complexity index is 427. The fourth-order valence-corrected chi connectivity index (χ4v) is 3.16. The van der Waals surface area contributed by atoms with E-state index in [1.54, 1.807) is 12.1 Å². The number of hydrogen-bond donors (Lipinski definition) is 1. The number of rotatable bonds is 2. The molecular formula is C16H23FO. The molecule has 18 heavy (non-hydrogen) atoms. The molecule has 0 aromatic heterocycles. The summed E-state index contributed by atoms with van der Waals surface area (Å²) < 4.78 is 13.7. The first kappa shape index (κ1) is 13.5. The maximum absolute atomic E-state index is 13.7. The van der Waals surface area contributed by atoms with Crippen molar-refractivity contribution < 1.29 is 9.50 Å². The predicted octanol–water partition coefficient (Wildman–Crippen LogP) is 3.95. The normalized spacial score (nSPS) is 31.3. The van der Waals surface area contributed by atoms with Crippen molar-refractivity contribution in [3.8, 4) is 0 Å². The third-order valence-electron chi connectivity index (χ3n) is 4.47. The Morgan fingerprint density at radius 3 is 2.56 bits per heavy atom. The average Bonchev–Trinajstić information content (AvgIpc) is 2.28. The van der Waals surface area contributed by atoms with E-state index in [1.165, 1.54) is 6.07 Å². The second-order valence-electron chi connectivity index (χ2n) is 6.64. The van der Waals surface area contributed by atoms with Crippen LogP contribution >= 0.6 is 0 Å². The maximum Gasteiger partial charge on any atom is 0.126 e. The van der Waals surface area contributed by atoms with E-state index >= 15 is 0 Å². The number of aliphatic hydroxyl groups is 1. The molecule has 2 unspecified atom stereocenters. The molecule has 1 N–H and O–H groups in total. The summed E-state index contributed by atoms with van der Waals surface area (Å²) in [6.45, 7) is 6.57. The first-order valence-electron chi connectivity index (χ1n) is 6.78. The van der Waals surface area contributed by atoms with Crippen molar-refractivity contribution in [3.05, 3.63) is 35.6 Å². The lowest BCUT2D eigenvalue weighted by molar-refractivity contribution is -0.0708. The van der Waals surface area contributed by atoms with Crippen molar-refractivity contribution in [2.75, 3.05) is 0 Å². The minimum absolute atomic E-state index is 0.206. The van der Waals surface area contributed by atoms with E-state index in [0.29, 0.717) is 17.4 Å². The van der Waals surface area contributed by atoms with E-state index in [1.807, 2.05) is 6.07 Å². The first-order chi connectivity index (χ1) is 8.32. The topological polar surface area (TPSA) is 20.2 Å². The molecule has 0 aliphatic heterocycles. The Hall–Kier alpha value is -0.890. The van der Waals surface area contributed by atoms with Gasteiger partial charge in [0.25, 0.3) is 0 Å². The van der Waals surface area contributed by atoms with E-state index in [2.05, 4.69) is 20.8 Å². The van der Waals surface area contributed by atoms with Crippen LogP contribution in [-0.2, 0) is 6.42 Å². The van der Waals surface area contributed by atoms with Gasteiger partial charge in [0, 0.05) is 6.42 Å². The van der Waals surface area contributed by atoms with Gasteiger partial charge in [-0.1, -0.05) is 39.0 Å². The molecule has 1 aromatic rings. The minimum atomic E-state index is -0.752. The van der Waals surface area contributed by atoms with Gasteiger partial charge in [0.1, 0.15) is 5.82 Å². The molecule has 1 aromatic carbocycles. The van der Waals surface area contributed by atoms with E-state index in [9.17, 15) is 9.50 Å². The van der Waals surface area contributed by atoms with Crippen LogP contribution in [0.4, 0.5) is 4.39 Å². The van der Waals surface area contributed by atoms with Crippen molar-refractivity contribution in [2.45, 2.75) is 52.1 Å².